The second-order valence-corrected chi connectivity index (χ2v) is 7.03. The second kappa shape index (κ2) is 6.69. The minimum absolute atomic E-state index is 0.147. The molecule has 0 saturated carbocycles. The standard InChI is InChI=1S/C18H25N3O3/c22-17(16-5-2-10-23-16)21-9-11-24-18(14-21)6-3-8-20(13-18)15-4-1-7-19-12-15/h1,4,7,12,16H,2-3,5-6,8-11,13-14H2/t16-,18+/m1/s1. The molecule has 1 amide bonds. The molecular formula is C18H25N3O3. The van der Waals surface area contributed by atoms with Gasteiger partial charge in [-0.05, 0) is 37.8 Å². The van der Waals surface area contributed by atoms with Crippen LogP contribution in [0.1, 0.15) is 25.7 Å². The number of pyridine rings is 1. The van der Waals surface area contributed by atoms with E-state index in [1.807, 2.05) is 17.2 Å². The third-order valence-electron chi connectivity index (χ3n) is 5.32. The van der Waals surface area contributed by atoms with Gasteiger partial charge in [-0.2, -0.15) is 0 Å². The van der Waals surface area contributed by atoms with Gasteiger partial charge < -0.3 is 19.3 Å². The van der Waals surface area contributed by atoms with Gasteiger partial charge in [-0.3, -0.25) is 9.78 Å². The van der Waals surface area contributed by atoms with Crippen molar-refractivity contribution in [3.8, 4) is 0 Å². The van der Waals surface area contributed by atoms with E-state index in [-0.39, 0.29) is 17.6 Å². The van der Waals surface area contributed by atoms with Gasteiger partial charge in [0, 0.05) is 32.4 Å². The van der Waals surface area contributed by atoms with Crippen LogP contribution in [0.2, 0.25) is 0 Å². The minimum atomic E-state index is -0.263. The van der Waals surface area contributed by atoms with E-state index in [0.717, 1.165) is 44.5 Å². The quantitative estimate of drug-likeness (QED) is 0.821. The molecule has 1 spiro atoms. The number of hydrogen-bond acceptors (Lipinski definition) is 5. The Morgan fingerprint density at radius 1 is 1.25 bits per heavy atom. The summed E-state index contributed by atoms with van der Waals surface area (Å²) in [5, 5.41) is 0. The van der Waals surface area contributed by atoms with E-state index in [0.29, 0.717) is 26.3 Å². The summed E-state index contributed by atoms with van der Waals surface area (Å²) in [6.45, 7) is 4.49. The third kappa shape index (κ3) is 3.13. The maximum absolute atomic E-state index is 12.7. The van der Waals surface area contributed by atoms with Gasteiger partial charge in [-0.15, -0.1) is 0 Å². The lowest BCUT2D eigenvalue weighted by Crippen LogP contribution is -2.61. The summed E-state index contributed by atoms with van der Waals surface area (Å²) in [7, 11) is 0. The Morgan fingerprint density at radius 2 is 2.21 bits per heavy atom. The molecule has 0 bridgehead atoms. The van der Waals surface area contributed by atoms with Gasteiger partial charge in [-0.1, -0.05) is 0 Å². The van der Waals surface area contributed by atoms with Crippen molar-refractivity contribution >= 4 is 11.6 Å². The number of anilines is 1. The molecule has 6 nitrogen and oxygen atoms in total. The number of rotatable bonds is 2. The fourth-order valence-corrected chi connectivity index (χ4v) is 4.12. The van der Waals surface area contributed by atoms with E-state index >= 15 is 0 Å². The Bertz CT molecular complexity index is 572. The van der Waals surface area contributed by atoms with Gasteiger partial charge in [0.05, 0.1) is 25.0 Å². The highest BCUT2D eigenvalue weighted by molar-refractivity contribution is 5.81. The average Bonchev–Trinajstić information content (AvgIpc) is 3.17. The number of ether oxygens (including phenoxy) is 2. The first kappa shape index (κ1) is 15.8. The molecule has 4 rings (SSSR count). The first-order valence-corrected chi connectivity index (χ1v) is 8.95. The Hall–Kier alpha value is -1.66. The normalized spacial score (nSPS) is 30.8. The molecule has 0 aliphatic carbocycles. The highest BCUT2D eigenvalue weighted by Gasteiger charge is 2.43. The fraction of sp³-hybridized carbons (Fsp3) is 0.667. The monoisotopic (exact) mass is 331 g/mol. The first-order chi connectivity index (χ1) is 11.8. The third-order valence-corrected chi connectivity index (χ3v) is 5.32. The topological polar surface area (TPSA) is 54.9 Å². The highest BCUT2D eigenvalue weighted by atomic mass is 16.5. The summed E-state index contributed by atoms with van der Waals surface area (Å²) in [5.41, 5.74) is 0.864. The molecule has 130 valence electrons. The van der Waals surface area contributed by atoms with Crippen LogP contribution in [0.15, 0.2) is 24.5 Å². The summed E-state index contributed by atoms with van der Waals surface area (Å²) in [6.07, 6.45) is 7.36. The maximum atomic E-state index is 12.7. The van der Waals surface area contributed by atoms with Gasteiger partial charge in [-0.25, -0.2) is 0 Å². The van der Waals surface area contributed by atoms with Crippen LogP contribution in [0.4, 0.5) is 5.69 Å². The molecule has 1 aromatic rings. The van der Waals surface area contributed by atoms with Crippen molar-refractivity contribution in [3.05, 3.63) is 24.5 Å². The zero-order valence-corrected chi connectivity index (χ0v) is 14.0. The minimum Gasteiger partial charge on any atom is -0.369 e. The van der Waals surface area contributed by atoms with E-state index in [4.69, 9.17) is 9.47 Å². The predicted molar refractivity (Wildman–Crippen MR) is 89.9 cm³/mol. The smallest absolute Gasteiger partial charge is 0.251 e. The summed E-state index contributed by atoms with van der Waals surface area (Å²) < 4.78 is 11.8. The van der Waals surface area contributed by atoms with E-state index < -0.39 is 0 Å². The molecule has 3 aliphatic heterocycles. The average molecular weight is 331 g/mol. The van der Waals surface area contributed by atoms with E-state index in [9.17, 15) is 4.79 Å². The Labute approximate surface area is 142 Å². The van der Waals surface area contributed by atoms with Gasteiger partial charge in [0.2, 0.25) is 0 Å². The molecule has 3 aliphatic rings. The molecule has 0 N–H and O–H groups in total. The Morgan fingerprint density at radius 3 is 3.00 bits per heavy atom. The number of piperidine rings is 1. The Balaban J connectivity index is 1.46. The van der Waals surface area contributed by atoms with Crippen molar-refractivity contribution in [1.29, 1.82) is 0 Å². The van der Waals surface area contributed by atoms with Crippen LogP contribution >= 0.6 is 0 Å². The fourth-order valence-electron chi connectivity index (χ4n) is 4.12. The Kier molecular flexibility index (Phi) is 4.41. The zero-order chi connectivity index (χ0) is 16.4. The van der Waals surface area contributed by atoms with Crippen molar-refractivity contribution in [3.63, 3.8) is 0 Å². The molecule has 0 unspecified atom stereocenters. The van der Waals surface area contributed by atoms with Crippen molar-refractivity contribution < 1.29 is 14.3 Å². The lowest BCUT2D eigenvalue weighted by Gasteiger charge is -2.48. The van der Waals surface area contributed by atoms with Crippen LogP contribution < -0.4 is 4.90 Å². The lowest BCUT2D eigenvalue weighted by molar-refractivity contribution is -0.160. The summed E-state index contributed by atoms with van der Waals surface area (Å²) in [6, 6.07) is 4.05. The SMILES string of the molecule is O=C([C@H]1CCCO1)N1CCO[C@]2(CCCN(c3cccnc3)C2)C1. The molecule has 0 radical (unpaired) electrons. The van der Waals surface area contributed by atoms with E-state index in [1.54, 1.807) is 6.20 Å². The van der Waals surface area contributed by atoms with Gasteiger partial charge in [0.25, 0.3) is 5.91 Å². The number of morpholine rings is 1. The lowest BCUT2D eigenvalue weighted by atomic mass is 9.90. The highest BCUT2D eigenvalue weighted by Crippen LogP contribution is 2.32. The molecular weight excluding hydrogens is 306 g/mol. The molecule has 3 fully saturated rings. The van der Waals surface area contributed by atoms with Crippen LogP contribution in [0.25, 0.3) is 0 Å². The van der Waals surface area contributed by atoms with Crippen molar-refractivity contribution in [1.82, 2.24) is 9.88 Å². The molecule has 6 heteroatoms. The summed E-state index contributed by atoms with van der Waals surface area (Å²) in [4.78, 5) is 21.2. The van der Waals surface area contributed by atoms with E-state index in [2.05, 4.69) is 16.0 Å². The number of aromatic nitrogens is 1. The molecule has 4 heterocycles. The van der Waals surface area contributed by atoms with Crippen LogP contribution in [-0.4, -0.2) is 66.9 Å². The first-order valence-electron chi connectivity index (χ1n) is 8.95. The van der Waals surface area contributed by atoms with Crippen molar-refractivity contribution in [2.45, 2.75) is 37.4 Å². The molecule has 1 aromatic heterocycles. The van der Waals surface area contributed by atoms with Crippen LogP contribution in [0, 0.1) is 0 Å². The number of hydrogen-bond donors (Lipinski definition) is 0. The summed E-state index contributed by atoms with van der Waals surface area (Å²) >= 11 is 0. The molecule has 2 atom stereocenters. The van der Waals surface area contributed by atoms with Crippen LogP contribution in [0.5, 0.6) is 0 Å². The molecule has 24 heavy (non-hydrogen) atoms. The number of amides is 1. The number of carbonyl (C=O) groups is 1. The van der Waals surface area contributed by atoms with E-state index in [1.165, 1.54) is 0 Å². The van der Waals surface area contributed by atoms with Crippen molar-refractivity contribution in [2.24, 2.45) is 0 Å². The van der Waals surface area contributed by atoms with Crippen molar-refractivity contribution in [2.75, 3.05) is 44.3 Å². The summed E-state index contributed by atoms with van der Waals surface area (Å²) in [5.74, 6) is 0.147. The molecule has 0 aromatic carbocycles. The number of nitrogens with zero attached hydrogens (tertiary/aromatic N) is 3. The molecule has 3 saturated heterocycles. The van der Waals surface area contributed by atoms with Gasteiger partial charge in [0.15, 0.2) is 0 Å². The number of carbonyl (C=O) groups excluding carboxylic acids is 1. The van der Waals surface area contributed by atoms with Crippen LogP contribution in [0.3, 0.4) is 0 Å². The zero-order valence-electron chi connectivity index (χ0n) is 14.0. The van der Waals surface area contributed by atoms with Gasteiger partial charge in [0.1, 0.15) is 11.7 Å². The largest absolute Gasteiger partial charge is 0.369 e. The maximum Gasteiger partial charge on any atom is 0.251 e. The van der Waals surface area contributed by atoms with Crippen LogP contribution in [-0.2, 0) is 14.3 Å². The predicted octanol–water partition coefficient (Wildman–Crippen LogP) is 1.46. The van der Waals surface area contributed by atoms with Gasteiger partial charge >= 0.3 is 0 Å². The second-order valence-electron chi connectivity index (χ2n) is 7.03.